The second-order valence-corrected chi connectivity index (χ2v) is 17.9. The lowest BCUT2D eigenvalue weighted by molar-refractivity contribution is -0.351. The molecule has 0 saturated carbocycles. The van der Waals surface area contributed by atoms with Gasteiger partial charge in [0.2, 0.25) is 0 Å². The summed E-state index contributed by atoms with van der Waals surface area (Å²) < 4.78 is 53.5. The van der Waals surface area contributed by atoms with Gasteiger partial charge in [-0.05, 0) is 73.5 Å². The molecule has 18 heteroatoms. The van der Waals surface area contributed by atoms with Gasteiger partial charge in [0.1, 0.15) is 49.0 Å². The first-order chi connectivity index (χ1) is 29.6. The van der Waals surface area contributed by atoms with Gasteiger partial charge in [-0.25, -0.2) is 0 Å². The van der Waals surface area contributed by atoms with Crippen molar-refractivity contribution in [3.8, 4) is 0 Å². The second kappa shape index (κ2) is 25.0. The summed E-state index contributed by atoms with van der Waals surface area (Å²) in [5.74, 6) is -5.80. The summed E-state index contributed by atoms with van der Waals surface area (Å²) in [5, 5.41) is 56.3. The maximum Gasteiger partial charge on any atom is 0.308 e. The highest BCUT2D eigenvalue weighted by Gasteiger charge is 2.52. The summed E-state index contributed by atoms with van der Waals surface area (Å²) in [4.78, 5) is 41.4. The van der Waals surface area contributed by atoms with Crippen LogP contribution in [-0.2, 0) is 57.0 Å². The molecule has 3 aliphatic heterocycles. The van der Waals surface area contributed by atoms with Crippen molar-refractivity contribution in [1.82, 2.24) is 4.90 Å². The molecular weight excluding hydrogens is 826 g/mol. The fraction of sp³-hybridized carbons (Fsp3) is 0.844. The Morgan fingerprint density at radius 1 is 0.937 bits per heavy atom. The molecule has 0 spiro atoms. The van der Waals surface area contributed by atoms with Crippen LogP contribution in [0.15, 0.2) is 23.8 Å². The highest BCUT2D eigenvalue weighted by molar-refractivity contribution is 5.91. The zero-order chi connectivity index (χ0) is 47.5. The number of ether oxygens (including phenoxy) is 9. The number of hydrogen-bond acceptors (Lipinski definition) is 18. The van der Waals surface area contributed by atoms with Crippen LogP contribution >= 0.6 is 0 Å². The quantitative estimate of drug-likeness (QED) is 0.0842. The van der Waals surface area contributed by atoms with E-state index in [1.165, 1.54) is 34.3 Å². The van der Waals surface area contributed by atoms with Crippen LogP contribution in [0.25, 0.3) is 0 Å². The maximum atomic E-state index is 13.7. The molecule has 63 heavy (non-hydrogen) atoms. The Bertz CT molecular complexity index is 1490. The highest BCUT2D eigenvalue weighted by Crippen LogP contribution is 2.36. The number of allylic oxidation sites excluding steroid dienone is 3. The standard InChI is InChI=1S/C45H77NO17/c1-14-33-30(22-58-44-41(57-13)40(56-12)36(51)26(5)59-44)19-23(2)15-16-31(48)24(3)20-29(17-18-47)38(25(4)32(49)21-34(50)61-33)62-43-37(52)35(46(9)10)39(27(6)60-43)63-45(8,54)42(53)28(7)55-11/h15-16,18-19,24-30,32-33,35-44,49,51-54H,14,17,20-22H2,1-13H3/b16-15+,23-19+. The van der Waals surface area contributed by atoms with Gasteiger partial charge in [-0.15, -0.1) is 0 Å². The van der Waals surface area contributed by atoms with E-state index in [-0.39, 0.29) is 25.2 Å². The zero-order valence-electron chi connectivity index (χ0n) is 39.4. The maximum absolute atomic E-state index is 13.7. The number of aldehydes is 1. The van der Waals surface area contributed by atoms with Crippen molar-refractivity contribution < 1.29 is 82.5 Å². The zero-order valence-corrected chi connectivity index (χ0v) is 39.4. The molecule has 5 N–H and O–H groups in total. The average Bonchev–Trinajstić information content (AvgIpc) is 3.23. The second-order valence-electron chi connectivity index (χ2n) is 17.9. The van der Waals surface area contributed by atoms with E-state index in [0.29, 0.717) is 18.3 Å². The Labute approximate surface area is 373 Å². The van der Waals surface area contributed by atoms with Gasteiger partial charge in [-0.1, -0.05) is 38.5 Å². The summed E-state index contributed by atoms with van der Waals surface area (Å²) in [7, 11) is 7.70. The highest BCUT2D eigenvalue weighted by atomic mass is 16.7. The van der Waals surface area contributed by atoms with Gasteiger partial charge < -0.3 is 77.9 Å². The lowest BCUT2D eigenvalue weighted by Gasteiger charge is -2.50. The molecule has 20 atom stereocenters. The van der Waals surface area contributed by atoms with Crippen molar-refractivity contribution >= 4 is 18.0 Å². The van der Waals surface area contributed by atoms with Crippen molar-refractivity contribution in [3.63, 3.8) is 0 Å². The number of carbonyl (C=O) groups is 3. The molecule has 0 aromatic rings. The molecule has 364 valence electrons. The van der Waals surface area contributed by atoms with Crippen LogP contribution in [0.1, 0.15) is 81.1 Å². The van der Waals surface area contributed by atoms with Crippen LogP contribution in [-0.4, -0.2) is 188 Å². The molecule has 0 bridgehead atoms. The Morgan fingerprint density at radius 2 is 1.57 bits per heavy atom. The fourth-order valence-corrected chi connectivity index (χ4v) is 8.81. The number of cyclic esters (lactones) is 1. The van der Waals surface area contributed by atoms with E-state index in [1.807, 2.05) is 13.0 Å². The van der Waals surface area contributed by atoms with Gasteiger partial charge in [-0.2, -0.15) is 0 Å². The minimum absolute atomic E-state index is 0.0142. The molecular formula is C45H77NO17. The van der Waals surface area contributed by atoms with Crippen LogP contribution < -0.4 is 0 Å². The third-order valence-corrected chi connectivity index (χ3v) is 12.8. The number of ketones is 1. The first kappa shape index (κ1) is 55.1. The van der Waals surface area contributed by atoms with E-state index in [4.69, 9.17) is 42.6 Å². The Balaban J connectivity index is 1.98. The van der Waals surface area contributed by atoms with E-state index >= 15 is 0 Å². The Hall–Kier alpha value is -2.27. The molecule has 0 amide bonds. The molecule has 3 rings (SSSR count). The number of aliphatic hydroxyl groups is 5. The first-order valence-electron chi connectivity index (χ1n) is 22.1. The molecule has 18 nitrogen and oxygen atoms in total. The van der Waals surface area contributed by atoms with Gasteiger partial charge >= 0.3 is 5.97 Å². The Kier molecular flexibility index (Phi) is 21.9. The van der Waals surface area contributed by atoms with E-state index in [2.05, 4.69) is 0 Å². The van der Waals surface area contributed by atoms with Gasteiger partial charge in [0.15, 0.2) is 24.2 Å². The normalized spacial score (nSPS) is 41.2. The third kappa shape index (κ3) is 14.4. The van der Waals surface area contributed by atoms with Gasteiger partial charge in [0, 0.05) is 45.5 Å². The monoisotopic (exact) mass is 904 g/mol. The van der Waals surface area contributed by atoms with Crippen molar-refractivity contribution in [2.45, 2.75) is 179 Å². The number of methoxy groups -OCH3 is 3. The molecule has 2 saturated heterocycles. The van der Waals surface area contributed by atoms with Crippen LogP contribution in [0.3, 0.4) is 0 Å². The third-order valence-electron chi connectivity index (χ3n) is 12.8. The van der Waals surface area contributed by atoms with Crippen LogP contribution in [0.4, 0.5) is 0 Å². The fourth-order valence-electron chi connectivity index (χ4n) is 8.81. The van der Waals surface area contributed by atoms with Gasteiger partial charge in [0.25, 0.3) is 0 Å². The van der Waals surface area contributed by atoms with Crippen molar-refractivity contribution in [2.24, 2.45) is 23.7 Å². The summed E-state index contributed by atoms with van der Waals surface area (Å²) in [5.41, 5.74) is 0.677. The van der Waals surface area contributed by atoms with E-state index in [9.17, 15) is 39.9 Å². The number of aliphatic hydroxyl groups excluding tert-OH is 4. The molecule has 0 aromatic heterocycles. The molecule has 3 heterocycles. The minimum Gasteiger partial charge on any atom is -0.462 e. The number of likely N-dealkylation sites (N-methyl/N-ethyl adjacent to an activating group) is 1. The van der Waals surface area contributed by atoms with Crippen LogP contribution in [0, 0.1) is 23.7 Å². The summed E-state index contributed by atoms with van der Waals surface area (Å²) in [6.45, 7) is 13.2. The van der Waals surface area contributed by atoms with Gasteiger partial charge in [0.05, 0.1) is 49.6 Å². The summed E-state index contributed by atoms with van der Waals surface area (Å²) in [6.07, 6.45) is -8.54. The van der Waals surface area contributed by atoms with E-state index in [0.717, 1.165) is 0 Å². The molecule has 3 aliphatic rings. The number of carbonyl (C=O) groups excluding carboxylic acids is 3. The predicted octanol–water partition coefficient (Wildman–Crippen LogP) is 1.69. The number of nitrogens with zero attached hydrogens (tertiary/aromatic N) is 1. The van der Waals surface area contributed by atoms with Crippen LogP contribution in [0.5, 0.6) is 0 Å². The predicted molar refractivity (Wildman–Crippen MR) is 228 cm³/mol. The molecule has 0 aromatic carbocycles. The summed E-state index contributed by atoms with van der Waals surface area (Å²) >= 11 is 0. The van der Waals surface area contributed by atoms with E-state index in [1.54, 1.807) is 66.6 Å². The number of hydrogen-bond donors (Lipinski definition) is 5. The topological polar surface area (TPSA) is 239 Å². The molecule has 0 radical (unpaired) electrons. The molecule has 20 unspecified atom stereocenters. The van der Waals surface area contributed by atoms with E-state index < -0.39 is 134 Å². The largest absolute Gasteiger partial charge is 0.462 e. The van der Waals surface area contributed by atoms with Crippen molar-refractivity contribution in [2.75, 3.05) is 42.0 Å². The average molecular weight is 904 g/mol. The lowest BCUT2D eigenvalue weighted by Crippen LogP contribution is -2.66. The Morgan fingerprint density at radius 3 is 2.14 bits per heavy atom. The molecule has 0 aliphatic carbocycles. The summed E-state index contributed by atoms with van der Waals surface area (Å²) in [6, 6.07) is -0.868. The lowest BCUT2D eigenvalue weighted by atomic mass is 9.79. The van der Waals surface area contributed by atoms with Crippen LogP contribution in [0.2, 0.25) is 0 Å². The van der Waals surface area contributed by atoms with Crippen molar-refractivity contribution in [1.29, 1.82) is 0 Å². The number of rotatable bonds is 16. The smallest absolute Gasteiger partial charge is 0.308 e. The first-order valence-corrected chi connectivity index (χ1v) is 22.1. The molecule has 2 fully saturated rings. The SMILES string of the molecule is CCC1OC(=O)CC(O)C(C)C(OC2OC(C)C(OC(C)(O)C(O)C(C)OC)C(N(C)C)C2O)C(CC=O)CC(C)C(=O)/C=C/C(C)=C/C1COC1OC(C)C(O)C(OC)C1OC. The minimum atomic E-state index is -2.12. The van der Waals surface area contributed by atoms with Gasteiger partial charge in [-0.3, -0.25) is 9.59 Å². The van der Waals surface area contributed by atoms with Crippen molar-refractivity contribution in [3.05, 3.63) is 23.8 Å². The number of esters is 1.